The summed E-state index contributed by atoms with van der Waals surface area (Å²) in [5.74, 6) is 0. The molecule has 0 heterocycles. The topological polar surface area (TPSA) is 75.4 Å². The number of nitrogens with one attached hydrogen (secondary N) is 1. The van der Waals surface area contributed by atoms with E-state index >= 15 is 0 Å². The van der Waals surface area contributed by atoms with Crippen molar-refractivity contribution >= 4 is 21.4 Å². The molecular formula is C13H21N3O2S. The van der Waals surface area contributed by atoms with Gasteiger partial charge in [0, 0.05) is 20.1 Å². The van der Waals surface area contributed by atoms with Crippen LogP contribution in [0, 0.1) is 0 Å². The Labute approximate surface area is 115 Å². The van der Waals surface area contributed by atoms with E-state index in [0.717, 1.165) is 6.42 Å². The summed E-state index contributed by atoms with van der Waals surface area (Å²) in [5.41, 5.74) is 7.00. The fourth-order valence-corrected chi connectivity index (χ4v) is 2.53. The third-order valence-corrected chi connectivity index (χ3v) is 4.54. The number of hydrogen-bond donors (Lipinski definition) is 2. The minimum Gasteiger partial charge on any atom is -0.397 e. The zero-order valence-corrected chi connectivity index (χ0v) is 12.4. The van der Waals surface area contributed by atoms with Gasteiger partial charge in [-0.05, 0) is 31.5 Å². The predicted molar refractivity (Wildman–Crippen MR) is 79.6 cm³/mol. The summed E-state index contributed by atoms with van der Waals surface area (Å²) in [7, 11) is -0.448. The van der Waals surface area contributed by atoms with Gasteiger partial charge in [-0.15, -0.1) is 6.58 Å². The third kappa shape index (κ3) is 3.71. The van der Waals surface area contributed by atoms with E-state index in [2.05, 4.69) is 11.9 Å². The number of anilines is 2. The summed E-state index contributed by atoms with van der Waals surface area (Å²) in [6.07, 6.45) is 2.57. The summed E-state index contributed by atoms with van der Waals surface area (Å²) < 4.78 is 25.3. The first-order chi connectivity index (χ1) is 8.78. The average molecular weight is 283 g/mol. The molecule has 5 nitrogen and oxygen atoms in total. The van der Waals surface area contributed by atoms with Crippen molar-refractivity contribution in [1.29, 1.82) is 0 Å². The first-order valence-corrected chi connectivity index (χ1v) is 7.42. The van der Waals surface area contributed by atoms with Gasteiger partial charge >= 0.3 is 0 Å². The summed E-state index contributed by atoms with van der Waals surface area (Å²) >= 11 is 0. The van der Waals surface area contributed by atoms with Crippen molar-refractivity contribution in [3.05, 3.63) is 30.9 Å². The Morgan fingerprint density at radius 1 is 1.47 bits per heavy atom. The highest BCUT2D eigenvalue weighted by Gasteiger charge is 2.18. The molecule has 0 amide bonds. The van der Waals surface area contributed by atoms with E-state index < -0.39 is 10.0 Å². The third-order valence-electron chi connectivity index (χ3n) is 2.73. The highest BCUT2D eigenvalue weighted by molar-refractivity contribution is 7.89. The van der Waals surface area contributed by atoms with Crippen LogP contribution >= 0.6 is 0 Å². The quantitative estimate of drug-likeness (QED) is 0.617. The van der Waals surface area contributed by atoms with Crippen LogP contribution in [-0.2, 0) is 10.0 Å². The highest BCUT2D eigenvalue weighted by atomic mass is 32.2. The van der Waals surface area contributed by atoms with E-state index in [-0.39, 0.29) is 10.9 Å². The maximum atomic E-state index is 12.0. The normalized spacial score (nSPS) is 13.3. The van der Waals surface area contributed by atoms with Gasteiger partial charge in [0.15, 0.2) is 0 Å². The van der Waals surface area contributed by atoms with Crippen LogP contribution in [0.4, 0.5) is 11.4 Å². The van der Waals surface area contributed by atoms with Gasteiger partial charge in [0.2, 0.25) is 10.0 Å². The molecule has 0 fully saturated rings. The molecule has 19 heavy (non-hydrogen) atoms. The Kier molecular flexibility index (Phi) is 4.97. The number of nitrogens with two attached hydrogens (primary N) is 1. The van der Waals surface area contributed by atoms with Crippen molar-refractivity contribution in [3.63, 3.8) is 0 Å². The molecule has 6 heteroatoms. The van der Waals surface area contributed by atoms with Gasteiger partial charge in [-0.2, -0.15) is 0 Å². The van der Waals surface area contributed by atoms with Crippen LogP contribution in [0.25, 0.3) is 0 Å². The number of benzene rings is 1. The lowest BCUT2D eigenvalue weighted by molar-refractivity contribution is 0.521. The Morgan fingerprint density at radius 2 is 2.11 bits per heavy atom. The Morgan fingerprint density at radius 3 is 2.63 bits per heavy atom. The van der Waals surface area contributed by atoms with E-state index in [1.807, 2.05) is 6.92 Å². The minimum absolute atomic E-state index is 0.136. The molecule has 0 bridgehead atoms. The second-order valence-corrected chi connectivity index (χ2v) is 6.76. The van der Waals surface area contributed by atoms with E-state index in [0.29, 0.717) is 11.4 Å². The van der Waals surface area contributed by atoms with Gasteiger partial charge in [0.1, 0.15) is 0 Å². The van der Waals surface area contributed by atoms with E-state index in [9.17, 15) is 8.42 Å². The minimum atomic E-state index is -3.45. The predicted octanol–water partition coefficient (Wildman–Crippen LogP) is 1.90. The molecule has 3 N–H and O–H groups in total. The SMILES string of the molecule is C=CCC(C)Nc1cc(S(=O)(=O)N(C)C)ccc1N. The number of sulfonamides is 1. The van der Waals surface area contributed by atoms with Crippen LogP contribution in [0.1, 0.15) is 13.3 Å². The molecule has 1 unspecified atom stereocenters. The molecule has 0 radical (unpaired) electrons. The first-order valence-electron chi connectivity index (χ1n) is 5.98. The molecule has 1 atom stereocenters. The molecule has 0 aliphatic rings. The largest absolute Gasteiger partial charge is 0.397 e. The molecule has 0 aliphatic heterocycles. The fraction of sp³-hybridized carbons (Fsp3) is 0.385. The molecule has 1 rings (SSSR count). The standard InChI is InChI=1S/C13H21N3O2S/c1-5-6-10(2)15-13-9-11(7-8-12(13)14)19(17,18)16(3)4/h5,7-10,15H,1,6,14H2,2-4H3. The zero-order valence-electron chi connectivity index (χ0n) is 11.6. The van der Waals surface area contributed by atoms with Gasteiger partial charge in [0.25, 0.3) is 0 Å². The Balaban J connectivity index is 3.11. The molecule has 0 aromatic heterocycles. The monoisotopic (exact) mass is 283 g/mol. The van der Waals surface area contributed by atoms with Crippen molar-refractivity contribution in [1.82, 2.24) is 4.31 Å². The average Bonchev–Trinajstić information content (AvgIpc) is 2.31. The van der Waals surface area contributed by atoms with E-state index in [1.54, 1.807) is 18.2 Å². The van der Waals surface area contributed by atoms with Crippen LogP contribution in [0.2, 0.25) is 0 Å². The second-order valence-electron chi connectivity index (χ2n) is 4.61. The lowest BCUT2D eigenvalue weighted by Gasteiger charge is -2.17. The van der Waals surface area contributed by atoms with Crippen LogP contribution in [-0.4, -0.2) is 32.9 Å². The summed E-state index contributed by atoms with van der Waals surface area (Å²) in [4.78, 5) is 0.222. The smallest absolute Gasteiger partial charge is 0.242 e. The van der Waals surface area contributed by atoms with Crippen LogP contribution in [0.5, 0.6) is 0 Å². The molecular weight excluding hydrogens is 262 g/mol. The zero-order chi connectivity index (χ0) is 14.6. The molecule has 0 saturated heterocycles. The van der Waals surface area contributed by atoms with Crippen LogP contribution in [0.3, 0.4) is 0 Å². The number of hydrogen-bond acceptors (Lipinski definition) is 4. The number of nitrogens with zero attached hydrogens (tertiary/aromatic N) is 1. The molecule has 106 valence electrons. The summed E-state index contributed by atoms with van der Waals surface area (Å²) in [6.45, 7) is 5.65. The Hall–Kier alpha value is -1.53. The lowest BCUT2D eigenvalue weighted by Crippen LogP contribution is -2.23. The van der Waals surface area contributed by atoms with E-state index in [4.69, 9.17) is 5.73 Å². The molecule has 0 aliphatic carbocycles. The second kappa shape index (κ2) is 6.08. The van der Waals surface area contributed by atoms with E-state index in [1.165, 1.54) is 24.5 Å². The van der Waals surface area contributed by atoms with Crippen molar-refractivity contribution in [3.8, 4) is 0 Å². The molecule has 0 spiro atoms. The van der Waals surface area contributed by atoms with Crippen molar-refractivity contribution < 1.29 is 8.42 Å². The van der Waals surface area contributed by atoms with Gasteiger partial charge in [-0.25, -0.2) is 12.7 Å². The highest BCUT2D eigenvalue weighted by Crippen LogP contribution is 2.25. The lowest BCUT2D eigenvalue weighted by atomic mass is 10.2. The first kappa shape index (κ1) is 15.5. The maximum Gasteiger partial charge on any atom is 0.242 e. The number of rotatable bonds is 6. The molecule has 1 aromatic rings. The van der Waals surface area contributed by atoms with Gasteiger partial charge < -0.3 is 11.1 Å². The van der Waals surface area contributed by atoms with Crippen molar-refractivity contribution in [2.45, 2.75) is 24.3 Å². The van der Waals surface area contributed by atoms with Gasteiger partial charge in [0.05, 0.1) is 16.3 Å². The number of nitrogen functional groups attached to an aromatic ring is 1. The Bertz CT molecular complexity index is 553. The van der Waals surface area contributed by atoms with Crippen molar-refractivity contribution in [2.75, 3.05) is 25.1 Å². The fourth-order valence-electron chi connectivity index (χ4n) is 1.61. The van der Waals surface area contributed by atoms with Gasteiger partial charge in [-0.3, -0.25) is 0 Å². The maximum absolute atomic E-state index is 12.0. The molecule has 1 aromatic carbocycles. The van der Waals surface area contributed by atoms with Crippen LogP contribution < -0.4 is 11.1 Å². The van der Waals surface area contributed by atoms with Crippen molar-refractivity contribution in [2.24, 2.45) is 0 Å². The summed E-state index contributed by atoms with van der Waals surface area (Å²) in [6, 6.07) is 4.80. The van der Waals surface area contributed by atoms with Crippen LogP contribution in [0.15, 0.2) is 35.7 Å². The molecule has 0 saturated carbocycles. The van der Waals surface area contributed by atoms with Gasteiger partial charge in [-0.1, -0.05) is 6.08 Å². The summed E-state index contributed by atoms with van der Waals surface area (Å²) in [5, 5.41) is 3.18.